The van der Waals surface area contributed by atoms with Gasteiger partial charge in [-0.05, 0) is 13.8 Å². The first kappa shape index (κ1) is 17.6. The maximum absolute atomic E-state index is 11.7. The van der Waals surface area contributed by atoms with E-state index in [2.05, 4.69) is 14.8 Å². The number of sulfonamides is 1. The molecular weight excluding hydrogens is 273 g/mol. The summed E-state index contributed by atoms with van der Waals surface area (Å²) < 4.78 is 63.9. The first-order valence-electron chi connectivity index (χ1n) is 5.25. The molecule has 0 aromatic rings. The van der Waals surface area contributed by atoms with Crippen molar-refractivity contribution in [1.82, 2.24) is 10.0 Å². The number of ether oxygens (including phenoxy) is 1. The number of nitrogens with one attached hydrogen (secondary N) is 2. The Hall–Kier alpha value is -0.380. The van der Waals surface area contributed by atoms with Crippen molar-refractivity contribution in [2.24, 2.45) is 0 Å². The molecule has 0 aliphatic carbocycles. The lowest BCUT2D eigenvalue weighted by Gasteiger charge is -2.25. The van der Waals surface area contributed by atoms with Gasteiger partial charge >= 0.3 is 6.18 Å². The van der Waals surface area contributed by atoms with E-state index in [1.807, 2.05) is 0 Å². The molecule has 0 heterocycles. The van der Waals surface area contributed by atoms with Gasteiger partial charge < -0.3 is 10.1 Å². The van der Waals surface area contributed by atoms with Crippen molar-refractivity contribution >= 4 is 10.0 Å². The highest BCUT2D eigenvalue weighted by molar-refractivity contribution is 7.88. The number of hydrogen-bond acceptors (Lipinski definition) is 4. The van der Waals surface area contributed by atoms with E-state index in [0.717, 1.165) is 6.26 Å². The van der Waals surface area contributed by atoms with Gasteiger partial charge in [-0.2, -0.15) is 13.2 Å². The Morgan fingerprint density at radius 3 is 2.22 bits per heavy atom. The van der Waals surface area contributed by atoms with Gasteiger partial charge in [-0.1, -0.05) is 0 Å². The van der Waals surface area contributed by atoms with E-state index < -0.39 is 28.3 Å². The van der Waals surface area contributed by atoms with Crippen molar-refractivity contribution < 1.29 is 26.3 Å². The number of hydrogen-bond donors (Lipinski definition) is 2. The average molecular weight is 292 g/mol. The second kappa shape index (κ2) is 6.69. The van der Waals surface area contributed by atoms with Crippen LogP contribution in [0.2, 0.25) is 0 Å². The van der Waals surface area contributed by atoms with Crippen LogP contribution in [0.15, 0.2) is 0 Å². The SMILES string of the molecule is CC(C)(CNCCOCC(F)(F)F)NS(C)(=O)=O. The van der Waals surface area contributed by atoms with E-state index in [0.29, 0.717) is 0 Å². The van der Waals surface area contributed by atoms with E-state index in [9.17, 15) is 21.6 Å². The molecule has 0 amide bonds. The number of halogens is 3. The van der Waals surface area contributed by atoms with Gasteiger partial charge in [0.2, 0.25) is 10.0 Å². The summed E-state index contributed by atoms with van der Waals surface area (Å²) in [6.07, 6.45) is -3.28. The minimum absolute atomic E-state index is 0.0888. The van der Waals surface area contributed by atoms with Crippen molar-refractivity contribution in [1.29, 1.82) is 0 Å². The van der Waals surface area contributed by atoms with Crippen molar-refractivity contribution in [3.63, 3.8) is 0 Å². The zero-order valence-electron chi connectivity index (χ0n) is 10.6. The van der Waals surface area contributed by atoms with Gasteiger partial charge in [-0.25, -0.2) is 13.1 Å². The highest BCUT2D eigenvalue weighted by atomic mass is 32.2. The summed E-state index contributed by atoms with van der Waals surface area (Å²) in [6.45, 7) is 2.46. The van der Waals surface area contributed by atoms with Gasteiger partial charge in [-0.15, -0.1) is 0 Å². The van der Waals surface area contributed by atoms with Gasteiger partial charge in [0.15, 0.2) is 0 Å². The van der Waals surface area contributed by atoms with Gasteiger partial charge in [-0.3, -0.25) is 0 Å². The molecule has 0 aromatic heterocycles. The molecule has 0 saturated carbocycles. The van der Waals surface area contributed by atoms with Gasteiger partial charge in [0.25, 0.3) is 0 Å². The Morgan fingerprint density at radius 2 is 1.78 bits per heavy atom. The molecule has 5 nitrogen and oxygen atoms in total. The quantitative estimate of drug-likeness (QED) is 0.639. The molecule has 2 N–H and O–H groups in total. The molecule has 18 heavy (non-hydrogen) atoms. The van der Waals surface area contributed by atoms with Crippen LogP contribution in [0, 0.1) is 0 Å². The zero-order valence-corrected chi connectivity index (χ0v) is 11.4. The van der Waals surface area contributed by atoms with Gasteiger partial charge in [0.05, 0.1) is 12.9 Å². The Kier molecular flexibility index (Phi) is 6.55. The second-order valence-electron chi connectivity index (χ2n) is 4.60. The van der Waals surface area contributed by atoms with Crippen LogP contribution in [0.3, 0.4) is 0 Å². The smallest absolute Gasteiger partial charge is 0.371 e. The lowest BCUT2D eigenvalue weighted by Crippen LogP contribution is -2.50. The monoisotopic (exact) mass is 292 g/mol. The molecule has 0 fully saturated rings. The zero-order chi connectivity index (χ0) is 14.4. The molecule has 0 bridgehead atoms. The largest absolute Gasteiger partial charge is 0.411 e. The first-order valence-corrected chi connectivity index (χ1v) is 7.15. The van der Waals surface area contributed by atoms with Crippen LogP contribution in [0.5, 0.6) is 0 Å². The van der Waals surface area contributed by atoms with Crippen LogP contribution in [0.1, 0.15) is 13.8 Å². The maximum Gasteiger partial charge on any atom is 0.411 e. The molecule has 0 saturated heterocycles. The van der Waals surface area contributed by atoms with E-state index in [4.69, 9.17) is 0 Å². The Morgan fingerprint density at radius 1 is 1.22 bits per heavy atom. The summed E-state index contributed by atoms with van der Waals surface area (Å²) in [6, 6.07) is 0. The summed E-state index contributed by atoms with van der Waals surface area (Å²) in [5.74, 6) is 0. The second-order valence-corrected chi connectivity index (χ2v) is 6.35. The molecule has 0 aliphatic heterocycles. The molecule has 9 heteroatoms. The third-order valence-electron chi connectivity index (χ3n) is 1.72. The number of rotatable bonds is 8. The molecule has 0 unspecified atom stereocenters. The van der Waals surface area contributed by atoms with Crippen LogP contribution < -0.4 is 10.0 Å². The average Bonchev–Trinajstić information content (AvgIpc) is 2.04. The predicted octanol–water partition coefficient (Wildman–Crippen LogP) is 0.483. The molecule has 110 valence electrons. The standard InChI is InChI=1S/C9H19F3N2O3S/c1-8(2,14-18(3,15)16)6-13-4-5-17-7-9(10,11)12/h13-14H,4-7H2,1-3H3. The van der Waals surface area contributed by atoms with Gasteiger partial charge in [0.1, 0.15) is 6.61 Å². The van der Waals surface area contributed by atoms with Crippen LogP contribution >= 0.6 is 0 Å². The van der Waals surface area contributed by atoms with Crippen molar-refractivity contribution in [3.8, 4) is 0 Å². The summed E-state index contributed by atoms with van der Waals surface area (Å²) in [5, 5.41) is 2.82. The van der Waals surface area contributed by atoms with E-state index in [1.54, 1.807) is 13.8 Å². The molecule has 0 aromatic carbocycles. The summed E-state index contributed by atoms with van der Waals surface area (Å²) in [4.78, 5) is 0. The summed E-state index contributed by atoms with van der Waals surface area (Å²) >= 11 is 0. The Bertz CT molecular complexity index is 341. The molecule has 0 atom stereocenters. The van der Waals surface area contributed by atoms with Crippen molar-refractivity contribution in [2.75, 3.05) is 32.6 Å². The summed E-state index contributed by atoms with van der Waals surface area (Å²) in [7, 11) is -3.32. The lowest BCUT2D eigenvalue weighted by atomic mass is 10.1. The van der Waals surface area contributed by atoms with Crippen LogP contribution in [0.4, 0.5) is 13.2 Å². The molecule has 0 rings (SSSR count). The fourth-order valence-corrected chi connectivity index (χ4v) is 2.35. The maximum atomic E-state index is 11.7. The van der Waals surface area contributed by atoms with Crippen LogP contribution in [0.25, 0.3) is 0 Å². The molecule has 0 aliphatic rings. The highest BCUT2D eigenvalue weighted by Gasteiger charge is 2.27. The van der Waals surface area contributed by atoms with E-state index >= 15 is 0 Å². The van der Waals surface area contributed by atoms with E-state index in [-0.39, 0.29) is 19.7 Å². The van der Waals surface area contributed by atoms with Crippen molar-refractivity contribution in [2.45, 2.75) is 25.6 Å². The molecular formula is C9H19F3N2O3S. The third kappa shape index (κ3) is 12.1. The van der Waals surface area contributed by atoms with Crippen LogP contribution in [-0.2, 0) is 14.8 Å². The number of alkyl halides is 3. The van der Waals surface area contributed by atoms with Crippen LogP contribution in [-0.4, -0.2) is 52.7 Å². The minimum Gasteiger partial charge on any atom is -0.371 e. The molecule has 0 radical (unpaired) electrons. The lowest BCUT2D eigenvalue weighted by molar-refractivity contribution is -0.173. The fraction of sp³-hybridized carbons (Fsp3) is 1.00. The van der Waals surface area contributed by atoms with E-state index in [1.165, 1.54) is 0 Å². The topological polar surface area (TPSA) is 67.4 Å². The van der Waals surface area contributed by atoms with Crippen molar-refractivity contribution in [3.05, 3.63) is 0 Å². The third-order valence-corrected chi connectivity index (χ3v) is 2.64. The Balaban J connectivity index is 3.72. The predicted molar refractivity (Wildman–Crippen MR) is 61.8 cm³/mol. The normalized spacial score (nSPS) is 13.9. The van der Waals surface area contributed by atoms with Gasteiger partial charge in [0, 0.05) is 18.6 Å². The highest BCUT2D eigenvalue weighted by Crippen LogP contribution is 2.13. The fourth-order valence-electron chi connectivity index (χ4n) is 1.27. The first-order chi connectivity index (χ1) is 7.91. The Labute approximate surface area is 105 Å². The summed E-state index contributed by atoms with van der Waals surface area (Å²) in [5.41, 5.74) is -0.711. The minimum atomic E-state index is -4.32. The molecule has 0 spiro atoms.